The summed E-state index contributed by atoms with van der Waals surface area (Å²) in [6.45, 7) is 23.0. The molecule has 5 aromatic rings. The molecule has 6 amide bonds. The van der Waals surface area contributed by atoms with Crippen molar-refractivity contribution in [2.45, 2.75) is 208 Å². The maximum Gasteiger partial charge on any atom is 0.410 e. The maximum atomic E-state index is 16.8. The number of hydrogen-bond acceptors (Lipinski definition) is 22. The zero-order valence-electron chi connectivity index (χ0n) is 67.6. The van der Waals surface area contributed by atoms with Gasteiger partial charge in [0, 0.05) is 83.5 Å². The molecular formula is C86H102Cl2N6O22. The van der Waals surface area contributed by atoms with E-state index in [4.69, 9.17) is 65.8 Å². The molecule has 0 spiro atoms. The van der Waals surface area contributed by atoms with Gasteiger partial charge >= 0.3 is 30.0 Å². The molecule has 6 aliphatic heterocycles. The Labute approximate surface area is 684 Å². The Balaban J connectivity index is 1.36. The van der Waals surface area contributed by atoms with Gasteiger partial charge in [-0.15, -0.1) is 0 Å². The fourth-order valence-corrected chi connectivity index (χ4v) is 15.2. The number of nitrogens with zero attached hydrogens (tertiary/aromatic N) is 1. The number of hydrogen-bond donors (Lipinski definition) is 5. The first-order chi connectivity index (χ1) is 55.0. The average Bonchev–Trinajstić information content (AvgIpc) is 0.762. The Bertz CT molecular complexity index is 4620. The molecule has 1 saturated heterocycles. The maximum absolute atomic E-state index is 16.8. The number of carbonyl (C=O) groups excluding carboxylic acids is 13. The number of aryl methyl sites for hydroxylation is 1. The molecule has 1 fully saturated rings. The fraction of sp³-hybridized carbons (Fsp3) is 0.477. The molecule has 14 atom stereocenters. The third-order valence-corrected chi connectivity index (χ3v) is 21.9. The van der Waals surface area contributed by atoms with Crippen LogP contribution in [0.5, 0.6) is 40.2 Å². The number of halogens is 2. The standard InChI is InChI=1S/C86H102Cl2N6O22/c1-16-18-19-20-21-22-73(102)89-40-57-36-64(100)78(93-83(105)63(30-42(3)4)94(15)86(107)108-29-17-2)79(112-52(14)99)55-25-28-68(62(88)35-55)114-71-38-56-37-70(80(71)116-85-46(8)44(6)45(7)72(115-85)41-109-49(11)96)113-67-27-23-53(34-61(67)87)47(9)75-84(106)91-76(48(10)95)60-31-43(5)32-69(111-51(13)98)74(60)59-33-54(24-26-66(59)110-50(12)97)58(82(104)90-75)39-65(101)77(56)92-81(57)103/h17,23-28,31-35,37-38,42,44-47,57-58,63,72,75-79,85H,2,16,18-22,29-30,36,39-41H2,1,3-15H3,(H,89,102)(H,90,104)(H,91,106)(H,92,103)(H,93,105)/t44?,45?,46?,47-,57+,58-,63-,72?,75+,76-,77-,78+,79-,85?/m1/s1. The SMILES string of the molecule is C=CCOC(=O)N(C)[C@H](CC(C)C)C(=O)N[C@H]1C(=O)C[C@@H](CNC(=O)CCCCCCC)C(=O)N[C@H]2C(=O)C[C@H]3C(=O)N[C@H](C(=O)N[C@H](C(C)=O)c4cc(C)cc(OC(C)=O)c4-c4cc3ccc4OC(C)=O)[C@H](C)c3ccc(c(Cl)c3)Oc3cc2cc(c3OC2OC(COC(C)=O)C(C)C(C)C2C)Oc2ccc(cc2Cl)[C@H]1OC(C)=O. The van der Waals surface area contributed by atoms with Crippen molar-refractivity contribution in [2.24, 2.45) is 29.6 Å². The average molecular weight is 1640 g/mol. The predicted octanol–water partition coefficient (Wildman–Crippen LogP) is 13.1. The molecule has 116 heavy (non-hydrogen) atoms. The van der Waals surface area contributed by atoms with Crippen molar-refractivity contribution in [3.05, 3.63) is 135 Å². The highest BCUT2D eigenvalue weighted by Gasteiger charge is 2.46. The van der Waals surface area contributed by atoms with Gasteiger partial charge in [0.25, 0.3) is 0 Å². The van der Waals surface area contributed by atoms with Gasteiger partial charge in [-0.1, -0.05) is 134 Å². The quantitative estimate of drug-likeness (QED) is 0.0133. The van der Waals surface area contributed by atoms with Crippen molar-refractivity contribution in [2.75, 3.05) is 26.8 Å². The Morgan fingerprint density at radius 3 is 1.91 bits per heavy atom. The van der Waals surface area contributed by atoms with Crippen molar-refractivity contribution in [3.63, 3.8) is 0 Å². The van der Waals surface area contributed by atoms with Crippen LogP contribution in [0.25, 0.3) is 11.1 Å². The molecule has 5 N–H and O–H groups in total. The van der Waals surface area contributed by atoms with E-state index in [1.165, 1.54) is 93.7 Å². The van der Waals surface area contributed by atoms with Crippen molar-refractivity contribution in [1.29, 1.82) is 0 Å². The van der Waals surface area contributed by atoms with Gasteiger partial charge in [-0.3, -0.25) is 62.4 Å². The van der Waals surface area contributed by atoms with Crippen molar-refractivity contribution in [1.82, 2.24) is 31.5 Å². The van der Waals surface area contributed by atoms with Crippen molar-refractivity contribution in [3.8, 4) is 51.4 Å². The number of ether oxygens (including phenoxy) is 9. The van der Waals surface area contributed by atoms with E-state index in [1.807, 2.05) is 27.7 Å². The molecule has 11 rings (SSSR count). The smallest absolute Gasteiger partial charge is 0.410 e. The highest BCUT2D eigenvalue weighted by atomic mass is 35.5. The summed E-state index contributed by atoms with van der Waals surface area (Å²) in [5.74, 6) is -17.5. The zero-order chi connectivity index (χ0) is 84.8. The fourth-order valence-electron chi connectivity index (χ4n) is 14.7. The summed E-state index contributed by atoms with van der Waals surface area (Å²) in [4.78, 5) is 192. The van der Waals surface area contributed by atoms with Crippen LogP contribution in [0, 0.1) is 36.5 Å². The molecule has 11 bridgehead atoms. The van der Waals surface area contributed by atoms with E-state index < -0.39 is 169 Å². The summed E-state index contributed by atoms with van der Waals surface area (Å²) < 4.78 is 56.3. The second-order valence-electron chi connectivity index (χ2n) is 30.6. The number of ketones is 3. The van der Waals surface area contributed by atoms with Crippen LogP contribution in [0.3, 0.4) is 0 Å². The van der Waals surface area contributed by atoms with Crippen LogP contribution in [0.4, 0.5) is 4.79 Å². The number of rotatable bonds is 23. The molecule has 30 heteroatoms. The van der Waals surface area contributed by atoms with E-state index in [1.54, 1.807) is 39.8 Å². The Hall–Kier alpha value is -10.7. The minimum Gasteiger partial charge on any atom is -0.463 e. The van der Waals surface area contributed by atoms with E-state index in [9.17, 15) is 33.6 Å². The predicted molar refractivity (Wildman–Crippen MR) is 426 cm³/mol. The van der Waals surface area contributed by atoms with Crippen LogP contribution in [-0.4, -0.2) is 139 Å². The zero-order valence-corrected chi connectivity index (χ0v) is 69.1. The first kappa shape index (κ1) is 89.2. The largest absolute Gasteiger partial charge is 0.463 e. The summed E-state index contributed by atoms with van der Waals surface area (Å²) in [6, 6.07) is 9.85. The van der Waals surface area contributed by atoms with E-state index in [0.717, 1.165) is 44.9 Å². The van der Waals surface area contributed by atoms with Gasteiger partial charge in [0.05, 0.1) is 28.0 Å². The molecular weight excluding hydrogens is 1540 g/mol. The lowest BCUT2D eigenvalue weighted by atomic mass is 9.79. The number of esters is 4. The Kier molecular flexibility index (Phi) is 30.6. The normalized spacial score (nSPS) is 22.9. The number of nitrogens with one attached hydrogen (secondary N) is 5. The van der Waals surface area contributed by atoms with Gasteiger partial charge in [-0.2, -0.15) is 0 Å². The second-order valence-corrected chi connectivity index (χ2v) is 31.4. The molecule has 0 aliphatic carbocycles. The Morgan fingerprint density at radius 2 is 1.30 bits per heavy atom. The highest BCUT2D eigenvalue weighted by molar-refractivity contribution is 6.32. The van der Waals surface area contributed by atoms with Crippen LogP contribution < -0.4 is 50.3 Å². The molecule has 5 unspecified atom stereocenters. The lowest BCUT2D eigenvalue weighted by Crippen LogP contribution is -2.55. The minimum absolute atomic E-state index is 0.00525. The Morgan fingerprint density at radius 1 is 0.664 bits per heavy atom. The third-order valence-electron chi connectivity index (χ3n) is 21.3. The van der Waals surface area contributed by atoms with E-state index in [2.05, 4.69) is 33.2 Å². The number of unbranched alkanes of at least 4 members (excludes halogenated alkanes) is 4. The van der Waals surface area contributed by atoms with Gasteiger partial charge < -0.3 is 69.2 Å². The number of carbonyl (C=O) groups is 13. The number of likely N-dealkylation sites (N-methyl/N-ethyl adjacent to an activating group) is 1. The van der Waals surface area contributed by atoms with Crippen LogP contribution in [-0.2, 0) is 76.5 Å². The van der Waals surface area contributed by atoms with Crippen LogP contribution in [0.15, 0.2) is 91.5 Å². The number of amides is 6. The van der Waals surface area contributed by atoms with E-state index in [0.29, 0.717) is 24.0 Å². The molecule has 6 aliphatic rings. The van der Waals surface area contributed by atoms with Crippen molar-refractivity contribution < 1.29 is 105 Å². The topological polar surface area (TPSA) is 368 Å². The van der Waals surface area contributed by atoms with Gasteiger partial charge in [-0.05, 0) is 132 Å². The van der Waals surface area contributed by atoms with E-state index in [-0.39, 0.29) is 127 Å². The summed E-state index contributed by atoms with van der Waals surface area (Å²) in [5, 5.41) is 13.8. The van der Waals surface area contributed by atoms with Crippen molar-refractivity contribution >= 4 is 100 Å². The lowest BCUT2D eigenvalue weighted by molar-refractivity contribution is -0.223. The monoisotopic (exact) mass is 1640 g/mol. The minimum atomic E-state index is -2.04. The first-order valence-corrected chi connectivity index (χ1v) is 39.7. The van der Waals surface area contributed by atoms with Crippen LogP contribution in [0.2, 0.25) is 10.0 Å². The first-order valence-electron chi connectivity index (χ1n) is 38.9. The van der Waals surface area contributed by atoms with E-state index >= 15 is 28.8 Å². The number of Topliss-reactive ketones (excluding diaryl/α,β-unsaturated/α-hetero) is 3. The summed E-state index contributed by atoms with van der Waals surface area (Å²) in [6.07, 6.45) is -1.47. The molecule has 0 saturated carbocycles. The lowest BCUT2D eigenvalue weighted by Gasteiger charge is -2.43. The summed E-state index contributed by atoms with van der Waals surface area (Å²) >= 11 is 14.8. The molecule has 5 aromatic carbocycles. The van der Waals surface area contributed by atoms with Crippen LogP contribution >= 0.6 is 23.2 Å². The summed E-state index contributed by atoms with van der Waals surface area (Å²) in [7, 11) is 1.32. The van der Waals surface area contributed by atoms with Gasteiger partial charge in [0.1, 0.15) is 66.4 Å². The molecule has 622 valence electrons. The second kappa shape index (κ2) is 39.8. The summed E-state index contributed by atoms with van der Waals surface area (Å²) in [5.41, 5.74) is 0.526. The number of benzene rings is 5. The van der Waals surface area contributed by atoms with Gasteiger partial charge in [-0.25, -0.2) is 4.79 Å². The van der Waals surface area contributed by atoms with Crippen LogP contribution in [0.1, 0.15) is 204 Å². The molecule has 0 radical (unpaired) electrons. The molecule has 0 aromatic heterocycles. The van der Waals surface area contributed by atoms with Gasteiger partial charge in [0.2, 0.25) is 41.6 Å². The molecule has 28 nitrogen and oxygen atoms in total. The highest BCUT2D eigenvalue weighted by Crippen LogP contribution is 2.51. The molecule has 6 heterocycles. The van der Waals surface area contributed by atoms with Gasteiger partial charge in [0.15, 0.2) is 35.0 Å². The third kappa shape index (κ3) is 22.1. The number of fused-ring (bicyclic) bond motifs is 15.